The fraction of sp³-hybridized carbons (Fsp3) is 0.300. The topological polar surface area (TPSA) is 67.9 Å². The summed E-state index contributed by atoms with van der Waals surface area (Å²) in [4.78, 5) is 26.9. The smallest absolute Gasteiger partial charge is 0.244 e. The van der Waals surface area contributed by atoms with E-state index in [0.29, 0.717) is 17.2 Å². The summed E-state index contributed by atoms with van der Waals surface area (Å²) in [5.41, 5.74) is 1.59. The molecule has 6 heteroatoms. The van der Waals surface area contributed by atoms with Gasteiger partial charge in [-0.1, -0.05) is 18.2 Å². The highest BCUT2D eigenvalue weighted by molar-refractivity contribution is 6.11. The Hall–Kier alpha value is -3.02. The maximum Gasteiger partial charge on any atom is 0.244 e. The number of nitrogens with zero attached hydrogens (tertiary/aromatic N) is 1. The van der Waals surface area contributed by atoms with Crippen LogP contribution in [0.15, 0.2) is 42.5 Å². The van der Waals surface area contributed by atoms with Crippen LogP contribution in [0.1, 0.15) is 19.4 Å². The van der Waals surface area contributed by atoms with E-state index in [4.69, 9.17) is 9.47 Å². The molecule has 2 aromatic carbocycles. The van der Waals surface area contributed by atoms with Crippen LogP contribution in [0.5, 0.6) is 11.5 Å². The predicted octanol–water partition coefficient (Wildman–Crippen LogP) is 2.97. The lowest BCUT2D eigenvalue weighted by Gasteiger charge is -2.20. The van der Waals surface area contributed by atoms with Crippen molar-refractivity contribution in [2.45, 2.75) is 19.3 Å². The minimum absolute atomic E-state index is 0.0611. The molecule has 2 amide bonds. The molecule has 3 rings (SSSR count). The minimum atomic E-state index is -0.644. The third kappa shape index (κ3) is 2.98. The van der Waals surface area contributed by atoms with E-state index in [2.05, 4.69) is 5.32 Å². The number of ether oxygens (including phenoxy) is 2. The highest BCUT2D eigenvalue weighted by atomic mass is 16.5. The molecule has 26 heavy (non-hydrogen) atoms. The highest BCUT2D eigenvalue weighted by Crippen LogP contribution is 2.41. The van der Waals surface area contributed by atoms with Gasteiger partial charge in [0.1, 0.15) is 18.0 Å². The molecule has 0 aliphatic carbocycles. The molecule has 2 aromatic rings. The third-order valence-electron chi connectivity index (χ3n) is 4.63. The monoisotopic (exact) mass is 354 g/mol. The Balaban J connectivity index is 1.80. The lowest BCUT2D eigenvalue weighted by atomic mass is 9.86. The number of rotatable bonds is 5. The molecule has 0 spiro atoms. The summed E-state index contributed by atoms with van der Waals surface area (Å²) in [6.07, 6.45) is 0. The van der Waals surface area contributed by atoms with Crippen LogP contribution in [0.2, 0.25) is 0 Å². The van der Waals surface area contributed by atoms with Crippen LogP contribution in [0, 0.1) is 0 Å². The van der Waals surface area contributed by atoms with Gasteiger partial charge in [-0.3, -0.25) is 9.59 Å². The zero-order valence-electron chi connectivity index (χ0n) is 15.3. The Bertz CT molecular complexity index is 861. The Kier molecular flexibility index (Phi) is 4.59. The van der Waals surface area contributed by atoms with E-state index in [0.717, 1.165) is 11.3 Å². The van der Waals surface area contributed by atoms with Gasteiger partial charge in [0.25, 0.3) is 0 Å². The number of carbonyl (C=O) groups is 2. The highest BCUT2D eigenvalue weighted by Gasteiger charge is 2.44. The van der Waals surface area contributed by atoms with E-state index in [1.165, 1.54) is 12.0 Å². The van der Waals surface area contributed by atoms with Gasteiger partial charge >= 0.3 is 0 Å². The number of nitrogens with one attached hydrogen (secondary N) is 1. The van der Waals surface area contributed by atoms with Crippen molar-refractivity contribution < 1.29 is 19.1 Å². The summed E-state index contributed by atoms with van der Waals surface area (Å²) in [7, 11) is 3.08. The maximum absolute atomic E-state index is 12.8. The largest absolute Gasteiger partial charge is 0.497 e. The van der Waals surface area contributed by atoms with Crippen LogP contribution < -0.4 is 19.7 Å². The van der Waals surface area contributed by atoms with E-state index >= 15 is 0 Å². The van der Waals surface area contributed by atoms with Crippen LogP contribution in [0.4, 0.5) is 11.4 Å². The summed E-state index contributed by atoms with van der Waals surface area (Å²) in [6.45, 7) is 3.69. The van der Waals surface area contributed by atoms with Crippen molar-refractivity contribution in [3.63, 3.8) is 0 Å². The zero-order valence-corrected chi connectivity index (χ0v) is 15.3. The molecule has 6 nitrogen and oxygen atoms in total. The standard InChI is InChI=1S/C20H22N2O4/c1-20(2)14-7-5-6-8-16(14)22(19(20)24)12-18(23)21-15-10-9-13(25-3)11-17(15)26-4/h5-11H,12H2,1-4H3,(H,21,23). The normalized spacial score (nSPS) is 14.8. The van der Waals surface area contributed by atoms with Crippen LogP contribution in [-0.2, 0) is 15.0 Å². The Morgan fingerprint density at radius 1 is 1.12 bits per heavy atom. The lowest BCUT2D eigenvalue weighted by Crippen LogP contribution is -2.40. The van der Waals surface area contributed by atoms with E-state index in [9.17, 15) is 9.59 Å². The first-order valence-corrected chi connectivity index (χ1v) is 8.32. The van der Waals surface area contributed by atoms with E-state index < -0.39 is 5.41 Å². The molecule has 1 N–H and O–H groups in total. The van der Waals surface area contributed by atoms with Gasteiger partial charge in [0.2, 0.25) is 11.8 Å². The van der Waals surface area contributed by atoms with Gasteiger partial charge in [-0.15, -0.1) is 0 Å². The summed E-state index contributed by atoms with van der Waals surface area (Å²) in [5, 5.41) is 2.80. The predicted molar refractivity (Wildman–Crippen MR) is 100.0 cm³/mol. The molecule has 0 bridgehead atoms. The molecule has 1 heterocycles. The van der Waals surface area contributed by atoms with Crippen molar-refractivity contribution in [1.29, 1.82) is 0 Å². The fourth-order valence-electron chi connectivity index (χ4n) is 3.19. The van der Waals surface area contributed by atoms with Gasteiger partial charge < -0.3 is 19.7 Å². The number of amides is 2. The zero-order chi connectivity index (χ0) is 18.9. The molecule has 0 saturated heterocycles. The second kappa shape index (κ2) is 6.71. The molecule has 0 saturated carbocycles. The molecular weight excluding hydrogens is 332 g/mol. The van der Waals surface area contributed by atoms with Gasteiger partial charge in [0.05, 0.1) is 25.3 Å². The quantitative estimate of drug-likeness (QED) is 0.896. The number of benzene rings is 2. The molecule has 136 valence electrons. The van der Waals surface area contributed by atoms with Crippen molar-refractivity contribution in [2.24, 2.45) is 0 Å². The van der Waals surface area contributed by atoms with Gasteiger partial charge in [0.15, 0.2) is 0 Å². The van der Waals surface area contributed by atoms with Crippen LogP contribution >= 0.6 is 0 Å². The number of carbonyl (C=O) groups excluding carboxylic acids is 2. The molecule has 0 radical (unpaired) electrons. The number of para-hydroxylation sites is 1. The SMILES string of the molecule is COc1ccc(NC(=O)CN2C(=O)C(C)(C)c3ccccc32)c(OC)c1. The second-order valence-corrected chi connectivity index (χ2v) is 6.65. The maximum atomic E-state index is 12.8. The Morgan fingerprint density at radius 3 is 2.54 bits per heavy atom. The molecule has 0 unspecified atom stereocenters. The molecule has 0 aromatic heterocycles. The molecular formula is C20H22N2O4. The van der Waals surface area contributed by atoms with E-state index in [1.54, 1.807) is 25.3 Å². The average Bonchev–Trinajstić information content (AvgIpc) is 2.83. The Labute approximate surface area is 152 Å². The molecule has 0 atom stereocenters. The first-order valence-electron chi connectivity index (χ1n) is 8.32. The number of fused-ring (bicyclic) bond motifs is 1. The second-order valence-electron chi connectivity index (χ2n) is 6.65. The van der Waals surface area contributed by atoms with Crippen molar-refractivity contribution in [2.75, 3.05) is 31.0 Å². The first kappa shape index (κ1) is 17.8. The summed E-state index contributed by atoms with van der Waals surface area (Å²) in [5.74, 6) is 0.737. The number of methoxy groups -OCH3 is 2. The molecule has 1 aliphatic heterocycles. The van der Waals surface area contributed by atoms with Gasteiger partial charge in [0, 0.05) is 11.8 Å². The van der Waals surface area contributed by atoms with E-state index in [-0.39, 0.29) is 18.4 Å². The number of hydrogen-bond donors (Lipinski definition) is 1. The molecule has 0 fully saturated rings. The summed E-state index contributed by atoms with van der Waals surface area (Å²) < 4.78 is 10.4. The van der Waals surface area contributed by atoms with Crippen molar-refractivity contribution in [1.82, 2.24) is 0 Å². The Morgan fingerprint density at radius 2 is 1.85 bits per heavy atom. The van der Waals surface area contributed by atoms with Crippen LogP contribution in [0.3, 0.4) is 0 Å². The van der Waals surface area contributed by atoms with Crippen molar-refractivity contribution in [3.8, 4) is 11.5 Å². The van der Waals surface area contributed by atoms with E-state index in [1.807, 2.05) is 38.1 Å². The molecule has 1 aliphatic rings. The summed E-state index contributed by atoms with van der Waals surface area (Å²) >= 11 is 0. The van der Waals surface area contributed by atoms with Crippen molar-refractivity contribution in [3.05, 3.63) is 48.0 Å². The minimum Gasteiger partial charge on any atom is -0.497 e. The van der Waals surface area contributed by atoms with Crippen molar-refractivity contribution >= 4 is 23.2 Å². The third-order valence-corrected chi connectivity index (χ3v) is 4.63. The van der Waals surface area contributed by atoms with Crippen LogP contribution in [-0.4, -0.2) is 32.6 Å². The van der Waals surface area contributed by atoms with Gasteiger partial charge in [-0.25, -0.2) is 0 Å². The van der Waals surface area contributed by atoms with Crippen LogP contribution in [0.25, 0.3) is 0 Å². The van der Waals surface area contributed by atoms with Gasteiger partial charge in [-0.2, -0.15) is 0 Å². The fourth-order valence-corrected chi connectivity index (χ4v) is 3.19. The first-order chi connectivity index (χ1) is 12.4. The number of hydrogen-bond acceptors (Lipinski definition) is 4. The summed E-state index contributed by atoms with van der Waals surface area (Å²) in [6, 6.07) is 12.7. The average molecular weight is 354 g/mol. The number of anilines is 2. The lowest BCUT2D eigenvalue weighted by molar-refractivity contribution is -0.124. The van der Waals surface area contributed by atoms with Gasteiger partial charge in [-0.05, 0) is 37.6 Å².